The normalized spacial score (nSPS) is 10.8. The molecule has 172 valence electrons. The van der Waals surface area contributed by atoms with Crippen LogP contribution in [-0.4, -0.2) is 36.7 Å². The molecule has 2 rings (SSSR count). The zero-order valence-electron chi connectivity index (χ0n) is 19.0. The van der Waals surface area contributed by atoms with Crippen molar-refractivity contribution in [1.29, 1.82) is 0 Å². The van der Waals surface area contributed by atoms with Gasteiger partial charge in [-0.15, -0.1) is 0 Å². The second-order valence-electron chi connectivity index (χ2n) is 8.26. The molecule has 0 aromatic heterocycles. The summed E-state index contributed by atoms with van der Waals surface area (Å²) in [5.74, 6) is 0.0919. The Morgan fingerprint density at radius 3 is 2.28 bits per heavy atom. The van der Waals surface area contributed by atoms with E-state index in [1.165, 1.54) is 0 Å². The highest BCUT2D eigenvalue weighted by molar-refractivity contribution is 5.92. The van der Waals surface area contributed by atoms with Crippen LogP contribution in [0.4, 0.5) is 10.5 Å². The highest BCUT2D eigenvalue weighted by Crippen LogP contribution is 2.15. The van der Waals surface area contributed by atoms with Gasteiger partial charge in [0.1, 0.15) is 11.4 Å². The van der Waals surface area contributed by atoms with E-state index in [1.54, 1.807) is 32.9 Å². The second-order valence-corrected chi connectivity index (χ2v) is 8.26. The number of benzene rings is 2. The van der Waals surface area contributed by atoms with Crippen molar-refractivity contribution in [2.24, 2.45) is 0 Å². The molecule has 32 heavy (non-hydrogen) atoms. The molecule has 0 aliphatic carbocycles. The van der Waals surface area contributed by atoms with Gasteiger partial charge in [-0.2, -0.15) is 0 Å². The molecule has 3 N–H and O–H groups in total. The molecule has 8 nitrogen and oxygen atoms in total. The second kappa shape index (κ2) is 11.7. The van der Waals surface area contributed by atoms with Gasteiger partial charge < -0.3 is 25.4 Å². The Morgan fingerprint density at radius 1 is 0.906 bits per heavy atom. The molecule has 0 spiro atoms. The van der Waals surface area contributed by atoms with Crippen LogP contribution in [0.5, 0.6) is 5.75 Å². The first-order chi connectivity index (χ1) is 15.1. The van der Waals surface area contributed by atoms with E-state index < -0.39 is 11.7 Å². The van der Waals surface area contributed by atoms with Gasteiger partial charge in [-0.25, -0.2) is 4.79 Å². The summed E-state index contributed by atoms with van der Waals surface area (Å²) in [5, 5.41) is 8.14. The number of hydrogen-bond acceptors (Lipinski definition) is 5. The van der Waals surface area contributed by atoms with Crippen LogP contribution in [0.1, 0.15) is 38.3 Å². The Hall–Kier alpha value is -3.55. The van der Waals surface area contributed by atoms with Crippen molar-refractivity contribution in [3.8, 4) is 5.75 Å². The lowest BCUT2D eigenvalue weighted by molar-refractivity contribution is -0.123. The van der Waals surface area contributed by atoms with E-state index in [9.17, 15) is 14.4 Å². The molecular formula is C24H31N3O5. The fourth-order valence-electron chi connectivity index (χ4n) is 2.63. The lowest BCUT2D eigenvalue weighted by Crippen LogP contribution is -2.34. The van der Waals surface area contributed by atoms with Crippen LogP contribution < -0.4 is 20.7 Å². The predicted octanol–water partition coefficient (Wildman–Crippen LogP) is 3.54. The molecule has 0 saturated carbocycles. The smallest absolute Gasteiger partial charge is 0.407 e. The first kappa shape index (κ1) is 24.7. The van der Waals surface area contributed by atoms with Crippen LogP contribution >= 0.6 is 0 Å². The minimum Gasteiger partial charge on any atom is -0.484 e. The molecule has 0 fully saturated rings. The van der Waals surface area contributed by atoms with Crippen molar-refractivity contribution in [2.45, 2.75) is 46.3 Å². The highest BCUT2D eigenvalue weighted by atomic mass is 16.6. The summed E-state index contributed by atoms with van der Waals surface area (Å²) in [6.45, 7) is 7.56. The number of hydrogen-bond donors (Lipinski definition) is 3. The number of carbonyl (C=O) groups excluding carboxylic acids is 3. The Balaban J connectivity index is 1.77. The molecule has 0 heterocycles. The lowest BCUT2D eigenvalue weighted by Gasteiger charge is -2.19. The van der Waals surface area contributed by atoms with Crippen molar-refractivity contribution in [3.63, 3.8) is 0 Å². The summed E-state index contributed by atoms with van der Waals surface area (Å²) in [7, 11) is 0. The Morgan fingerprint density at radius 2 is 1.59 bits per heavy atom. The number of nitrogens with one attached hydrogen (secondary N) is 3. The van der Waals surface area contributed by atoms with Gasteiger partial charge in [0.15, 0.2) is 6.61 Å². The maximum absolute atomic E-state index is 12.2. The van der Waals surface area contributed by atoms with E-state index in [2.05, 4.69) is 16.0 Å². The number of aryl methyl sites for hydroxylation is 1. The Labute approximate surface area is 188 Å². The van der Waals surface area contributed by atoms with Gasteiger partial charge >= 0.3 is 6.09 Å². The first-order valence-corrected chi connectivity index (χ1v) is 10.4. The van der Waals surface area contributed by atoms with Crippen molar-refractivity contribution in [3.05, 3.63) is 59.7 Å². The average molecular weight is 442 g/mol. The quantitative estimate of drug-likeness (QED) is 0.552. The van der Waals surface area contributed by atoms with Gasteiger partial charge in [0, 0.05) is 25.2 Å². The maximum atomic E-state index is 12.2. The summed E-state index contributed by atoms with van der Waals surface area (Å²) >= 11 is 0. The van der Waals surface area contributed by atoms with Gasteiger partial charge in [0.05, 0.1) is 0 Å². The largest absolute Gasteiger partial charge is 0.484 e. The van der Waals surface area contributed by atoms with Gasteiger partial charge in [0.2, 0.25) is 5.91 Å². The molecule has 0 atom stereocenters. The molecule has 0 bridgehead atoms. The molecule has 2 aromatic rings. The standard InChI is InChI=1S/C24H31N3O5/c1-17-9-11-19(12-10-17)31-16-22(29)26-15-18-7-5-6-8-20(18)27-21(28)13-14-25-23(30)32-24(2,3)4/h5-12H,13-16H2,1-4H3,(H,25,30)(H,26,29)(H,27,28). The maximum Gasteiger partial charge on any atom is 0.407 e. The molecule has 0 radical (unpaired) electrons. The van der Waals surface area contributed by atoms with Crippen LogP contribution in [-0.2, 0) is 20.9 Å². The third kappa shape index (κ3) is 9.51. The van der Waals surface area contributed by atoms with Crippen LogP contribution in [0.15, 0.2) is 48.5 Å². The minimum absolute atomic E-state index is 0.0876. The van der Waals surface area contributed by atoms with E-state index >= 15 is 0 Å². The fourth-order valence-corrected chi connectivity index (χ4v) is 2.63. The molecule has 8 heteroatoms. The minimum atomic E-state index is -0.596. The topological polar surface area (TPSA) is 106 Å². The highest BCUT2D eigenvalue weighted by Gasteiger charge is 2.16. The van der Waals surface area contributed by atoms with Crippen LogP contribution in [0, 0.1) is 6.92 Å². The molecule has 0 aliphatic heterocycles. The van der Waals surface area contributed by atoms with Crippen molar-refractivity contribution >= 4 is 23.6 Å². The van der Waals surface area contributed by atoms with Gasteiger partial charge in [-0.1, -0.05) is 35.9 Å². The molecular weight excluding hydrogens is 410 g/mol. The van der Waals surface area contributed by atoms with Crippen molar-refractivity contribution < 1.29 is 23.9 Å². The van der Waals surface area contributed by atoms with E-state index in [1.807, 2.05) is 43.3 Å². The number of anilines is 1. The lowest BCUT2D eigenvalue weighted by atomic mass is 10.1. The number of carbonyl (C=O) groups is 3. The summed E-state index contributed by atoms with van der Waals surface area (Å²) in [6.07, 6.45) is -0.481. The van der Waals surface area contributed by atoms with Crippen molar-refractivity contribution in [1.82, 2.24) is 10.6 Å². The summed E-state index contributed by atoms with van der Waals surface area (Å²) < 4.78 is 10.6. The van der Waals surface area contributed by atoms with E-state index in [4.69, 9.17) is 9.47 Å². The molecule has 2 aromatic carbocycles. The van der Waals surface area contributed by atoms with Gasteiger partial charge in [-0.3, -0.25) is 9.59 Å². The molecule has 3 amide bonds. The summed E-state index contributed by atoms with van der Waals surface area (Å²) in [4.78, 5) is 36.0. The van der Waals surface area contributed by atoms with Crippen LogP contribution in [0.2, 0.25) is 0 Å². The van der Waals surface area contributed by atoms with E-state index in [0.29, 0.717) is 11.4 Å². The SMILES string of the molecule is Cc1ccc(OCC(=O)NCc2ccccc2NC(=O)CCNC(=O)OC(C)(C)C)cc1. The Bertz CT molecular complexity index is 920. The predicted molar refractivity (Wildman–Crippen MR) is 122 cm³/mol. The number of rotatable bonds is 9. The third-order valence-electron chi connectivity index (χ3n) is 4.18. The zero-order valence-corrected chi connectivity index (χ0v) is 19.0. The molecule has 0 unspecified atom stereocenters. The number of para-hydroxylation sites is 1. The van der Waals surface area contributed by atoms with E-state index in [-0.39, 0.29) is 37.9 Å². The zero-order chi connectivity index (χ0) is 23.6. The van der Waals surface area contributed by atoms with Crippen LogP contribution in [0.3, 0.4) is 0 Å². The van der Waals surface area contributed by atoms with Gasteiger partial charge in [0.25, 0.3) is 5.91 Å². The first-order valence-electron chi connectivity index (χ1n) is 10.4. The van der Waals surface area contributed by atoms with Crippen LogP contribution in [0.25, 0.3) is 0 Å². The number of ether oxygens (including phenoxy) is 2. The van der Waals surface area contributed by atoms with Gasteiger partial charge in [-0.05, 0) is 51.5 Å². The summed E-state index contributed by atoms with van der Waals surface area (Å²) in [5.41, 5.74) is 1.86. The molecule has 0 aliphatic rings. The fraction of sp³-hybridized carbons (Fsp3) is 0.375. The van der Waals surface area contributed by atoms with E-state index in [0.717, 1.165) is 11.1 Å². The monoisotopic (exact) mass is 441 g/mol. The number of alkyl carbamates (subject to hydrolysis) is 1. The number of amides is 3. The average Bonchev–Trinajstić information content (AvgIpc) is 2.71. The Kier molecular flexibility index (Phi) is 9.07. The van der Waals surface area contributed by atoms with Crippen molar-refractivity contribution in [2.75, 3.05) is 18.5 Å². The molecule has 0 saturated heterocycles. The third-order valence-corrected chi connectivity index (χ3v) is 4.18. The summed E-state index contributed by atoms with van der Waals surface area (Å²) in [6, 6.07) is 14.6.